The molecular formula is C19H25NS. The summed E-state index contributed by atoms with van der Waals surface area (Å²) in [6.07, 6.45) is 6.36. The molecule has 1 heterocycles. The number of thiophene rings is 1. The zero-order valence-electron chi connectivity index (χ0n) is 13.1. The van der Waals surface area contributed by atoms with Crippen LogP contribution in [0.3, 0.4) is 0 Å². The quantitative estimate of drug-likeness (QED) is 0.827. The predicted octanol–water partition coefficient (Wildman–Crippen LogP) is 4.91. The fraction of sp³-hybridized carbons (Fsp3) is 0.474. The molecular weight excluding hydrogens is 274 g/mol. The lowest BCUT2D eigenvalue weighted by atomic mass is 9.89. The van der Waals surface area contributed by atoms with Gasteiger partial charge in [0.2, 0.25) is 0 Å². The van der Waals surface area contributed by atoms with Crippen molar-refractivity contribution in [3.05, 3.63) is 57.3 Å². The van der Waals surface area contributed by atoms with E-state index in [1.54, 1.807) is 22.5 Å². The summed E-state index contributed by atoms with van der Waals surface area (Å²) in [6, 6.07) is 10.3. The summed E-state index contributed by atoms with van der Waals surface area (Å²) >= 11 is 1.78. The van der Waals surface area contributed by atoms with E-state index >= 15 is 0 Å². The van der Waals surface area contributed by atoms with Gasteiger partial charge < -0.3 is 5.32 Å². The molecule has 0 amide bonds. The third kappa shape index (κ3) is 3.75. The normalized spacial score (nSPS) is 17.2. The van der Waals surface area contributed by atoms with Gasteiger partial charge in [-0.1, -0.05) is 18.2 Å². The first-order valence-electron chi connectivity index (χ1n) is 8.11. The molecule has 1 aromatic carbocycles. The predicted molar refractivity (Wildman–Crippen MR) is 92.1 cm³/mol. The highest BCUT2D eigenvalue weighted by molar-refractivity contribution is 7.07. The maximum atomic E-state index is 3.75. The van der Waals surface area contributed by atoms with Crippen LogP contribution in [0.1, 0.15) is 55.0 Å². The Morgan fingerprint density at radius 3 is 2.67 bits per heavy atom. The fourth-order valence-corrected chi connectivity index (χ4v) is 4.05. The van der Waals surface area contributed by atoms with Gasteiger partial charge in [0.15, 0.2) is 0 Å². The van der Waals surface area contributed by atoms with E-state index in [0.717, 1.165) is 6.42 Å². The van der Waals surface area contributed by atoms with Crippen molar-refractivity contribution in [2.45, 2.75) is 58.0 Å². The highest BCUT2D eigenvalue weighted by atomic mass is 32.1. The van der Waals surface area contributed by atoms with Gasteiger partial charge in [-0.15, -0.1) is 0 Å². The number of fused-ring (bicyclic) bond motifs is 1. The summed E-state index contributed by atoms with van der Waals surface area (Å²) in [5.41, 5.74) is 6.03. The Morgan fingerprint density at radius 1 is 1.10 bits per heavy atom. The summed E-state index contributed by atoms with van der Waals surface area (Å²) < 4.78 is 0. The monoisotopic (exact) mass is 299 g/mol. The van der Waals surface area contributed by atoms with Gasteiger partial charge in [-0.25, -0.2) is 0 Å². The first kappa shape index (κ1) is 14.8. The molecule has 2 atom stereocenters. The third-order valence-electron chi connectivity index (χ3n) is 4.53. The van der Waals surface area contributed by atoms with Gasteiger partial charge >= 0.3 is 0 Å². The van der Waals surface area contributed by atoms with Crippen molar-refractivity contribution < 1.29 is 0 Å². The van der Waals surface area contributed by atoms with Gasteiger partial charge in [-0.3, -0.25) is 0 Å². The van der Waals surface area contributed by atoms with Crippen LogP contribution < -0.4 is 5.32 Å². The van der Waals surface area contributed by atoms with Gasteiger partial charge in [0, 0.05) is 12.1 Å². The molecule has 0 fully saturated rings. The standard InChI is InChI=1S/C19H25NS/c1-14(11-16-9-10-21-13-16)20-15(2)18-8-7-17-5-3-4-6-19(17)12-18/h7-10,12-15,20H,3-6,11H2,1-2H3. The van der Waals surface area contributed by atoms with E-state index in [2.05, 4.69) is 54.2 Å². The Morgan fingerprint density at radius 2 is 1.90 bits per heavy atom. The van der Waals surface area contributed by atoms with Crippen molar-refractivity contribution in [3.63, 3.8) is 0 Å². The molecule has 1 nitrogen and oxygen atoms in total. The minimum absolute atomic E-state index is 0.422. The minimum atomic E-state index is 0.422. The minimum Gasteiger partial charge on any atom is -0.307 e. The Bertz CT molecular complexity index is 573. The van der Waals surface area contributed by atoms with Gasteiger partial charge in [0.1, 0.15) is 0 Å². The van der Waals surface area contributed by atoms with E-state index in [1.165, 1.54) is 36.8 Å². The highest BCUT2D eigenvalue weighted by Crippen LogP contribution is 2.25. The van der Waals surface area contributed by atoms with Gasteiger partial charge in [0.05, 0.1) is 0 Å². The van der Waals surface area contributed by atoms with E-state index in [0.29, 0.717) is 12.1 Å². The smallest absolute Gasteiger partial charge is 0.0294 e. The molecule has 2 heteroatoms. The Kier molecular flexibility index (Phi) is 4.77. The fourth-order valence-electron chi connectivity index (χ4n) is 3.37. The molecule has 1 aliphatic rings. The third-order valence-corrected chi connectivity index (χ3v) is 5.26. The molecule has 2 unspecified atom stereocenters. The van der Waals surface area contributed by atoms with Crippen LogP contribution in [-0.4, -0.2) is 6.04 Å². The first-order chi connectivity index (χ1) is 10.2. The molecule has 3 rings (SSSR count). The number of benzene rings is 1. The second-order valence-corrected chi connectivity index (χ2v) is 7.14. The molecule has 21 heavy (non-hydrogen) atoms. The average molecular weight is 299 g/mol. The van der Waals surface area contributed by atoms with Crippen LogP contribution in [0, 0.1) is 0 Å². The van der Waals surface area contributed by atoms with E-state index in [4.69, 9.17) is 0 Å². The number of aryl methyl sites for hydroxylation is 2. The van der Waals surface area contributed by atoms with Crippen molar-refractivity contribution in [2.24, 2.45) is 0 Å². The summed E-state index contributed by atoms with van der Waals surface area (Å²) in [5.74, 6) is 0. The lowest BCUT2D eigenvalue weighted by Crippen LogP contribution is -2.30. The van der Waals surface area contributed by atoms with Crippen LogP contribution in [0.5, 0.6) is 0 Å². The topological polar surface area (TPSA) is 12.0 Å². The van der Waals surface area contributed by atoms with E-state index in [-0.39, 0.29) is 0 Å². The van der Waals surface area contributed by atoms with Gasteiger partial charge in [-0.05, 0) is 85.0 Å². The molecule has 2 aromatic rings. The molecule has 1 aromatic heterocycles. The molecule has 0 radical (unpaired) electrons. The summed E-state index contributed by atoms with van der Waals surface area (Å²) in [6.45, 7) is 4.57. The molecule has 0 saturated heterocycles. The number of hydrogen-bond donors (Lipinski definition) is 1. The van der Waals surface area contributed by atoms with Crippen LogP contribution in [0.2, 0.25) is 0 Å². The van der Waals surface area contributed by atoms with E-state index in [9.17, 15) is 0 Å². The molecule has 1 N–H and O–H groups in total. The van der Waals surface area contributed by atoms with E-state index in [1.807, 2.05) is 0 Å². The molecule has 0 saturated carbocycles. The molecule has 112 valence electrons. The molecule has 0 bridgehead atoms. The zero-order chi connectivity index (χ0) is 14.7. The van der Waals surface area contributed by atoms with Gasteiger partial charge in [-0.2, -0.15) is 11.3 Å². The van der Waals surface area contributed by atoms with Crippen LogP contribution >= 0.6 is 11.3 Å². The molecule has 1 aliphatic carbocycles. The van der Waals surface area contributed by atoms with E-state index < -0.39 is 0 Å². The second-order valence-electron chi connectivity index (χ2n) is 6.36. The van der Waals surface area contributed by atoms with Crippen molar-refractivity contribution in [3.8, 4) is 0 Å². The van der Waals surface area contributed by atoms with Crippen molar-refractivity contribution in [1.82, 2.24) is 5.32 Å². The maximum Gasteiger partial charge on any atom is 0.0294 e. The van der Waals surface area contributed by atoms with Crippen LogP contribution in [0.25, 0.3) is 0 Å². The van der Waals surface area contributed by atoms with Crippen LogP contribution in [0.15, 0.2) is 35.0 Å². The summed E-state index contributed by atoms with van der Waals surface area (Å²) in [7, 11) is 0. The lowest BCUT2D eigenvalue weighted by molar-refractivity contribution is 0.477. The Labute approximate surface area is 132 Å². The Balaban J connectivity index is 1.63. The van der Waals surface area contributed by atoms with Crippen LogP contribution in [-0.2, 0) is 19.3 Å². The summed E-state index contributed by atoms with van der Waals surface area (Å²) in [5, 5.41) is 8.16. The largest absolute Gasteiger partial charge is 0.307 e. The van der Waals surface area contributed by atoms with Crippen molar-refractivity contribution in [1.29, 1.82) is 0 Å². The van der Waals surface area contributed by atoms with Crippen LogP contribution in [0.4, 0.5) is 0 Å². The first-order valence-corrected chi connectivity index (χ1v) is 9.05. The number of nitrogens with one attached hydrogen (secondary N) is 1. The zero-order valence-corrected chi connectivity index (χ0v) is 13.9. The molecule has 0 spiro atoms. The SMILES string of the molecule is CC(Cc1ccsc1)NC(C)c1ccc2c(c1)CCCC2. The van der Waals surface area contributed by atoms with Gasteiger partial charge in [0.25, 0.3) is 0 Å². The maximum absolute atomic E-state index is 3.75. The second kappa shape index (κ2) is 6.76. The number of rotatable bonds is 5. The Hall–Kier alpha value is -1.12. The van der Waals surface area contributed by atoms with Crippen molar-refractivity contribution in [2.75, 3.05) is 0 Å². The lowest BCUT2D eigenvalue weighted by Gasteiger charge is -2.23. The van der Waals surface area contributed by atoms with Crippen molar-refractivity contribution >= 4 is 11.3 Å². The molecule has 0 aliphatic heterocycles. The summed E-state index contributed by atoms with van der Waals surface area (Å²) in [4.78, 5) is 0. The number of hydrogen-bond acceptors (Lipinski definition) is 2. The highest BCUT2D eigenvalue weighted by Gasteiger charge is 2.14. The average Bonchev–Trinajstić information content (AvgIpc) is 2.99.